The highest BCUT2D eigenvalue weighted by Gasteiger charge is 2.31. The number of pyridine rings is 1. The maximum absolute atomic E-state index is 8.97. The lowest BCUT2D eigenvalue weighted by molar-refractivity contribution is -0.0157. The molecule has 4 nitrogen and oxygen atoms in total. The molecule has 0 amide bonds. The van der Waals surface area contributed by atoms with Crippen LogP contribution >= 0.6 is 0 Å². The Morgan fingerprint density at radius 2 is 2.44 bits per heavy atom. The third-order valence-electron chi connectivity index (χ3n) is 3.26. The van der Waals surface area contributed by atoms with Gasteiger partial charge in [-0.15, -0.1) is 0 Å². The molecule has 1 aromatic heterocycles. The van der Waals surface area contributed by atoms with E-state index in [1.165, 1.54) is 0 Å². The van der Waals surface area contributed by atoms with Crippen molar-refractivity contribution in [2.45, 2.75) is 25.4 Å². The van der Waals surface area contributed by atoms with Gasteiger partial charge in [-0.3, -0.25) is 0 Å². The molecule has 1 aliphatic carbocycles. The standard InChI is InChI=1S/C12H15N3O/c1-16-11-3-2-8(11)4-9-5-12(14)15-7-10(9)6-13/h5,7-8,11H,2-4H2,1H3,(H2,14,15)/t8-,11+/m0/s1. The first-order valence-electron chi connectivity index (χ1n) is 5.42. The monoisotopic (exact) mass is 217 g/mol. The van der Waals surface area contributed by atoms with Crippen LogP contribution in [0.4, 0.5) is 5.82 Å². The number of methoxy groups -OCH3 is 1. The molecule has 2 rings (SSSR count). The molecule has 0 aliphatic heterocycles. The first-order chi connectivity index (χ1) is 7.74. The summed E-state index contributed by atoms with van der Waals surface area (Å²) < 4.78 is 5.34. The normalized spacial score (nSPS) is 23.5. The number of hydrogen-bond donors (Lipinski definition) is 1. The SMILES string of the molecule is CO[C@@H]1CC[C@H]1Cc1cc(N)ncc1C#N. The van der Waals surface area contributed by atoms with E-state index in [4.69, 9.17) is 15.7 Å². The lowest BCUT2D eigenvalue weighted by Crippen LogP contribution is -2.34. The lowest BCUT2D eigenvalue weighted by atomic mass is 9.77. The Balaban J connectivity index is 2.14. The van der Waals surface area contributed by atoms with Crippen LogP contribution in [-0.4, -0.2) is 18.2 Å². The second-order valence-electron chi connectivity index (χ2n) is 4.19. The fourth-order valence-corrected chi connectivity index (χ4v) is 2.15. The van der Waals surface area contributed by atoms with E-state index >= 15 is 0 Å². The average molecular weight is 217 g/mol. The number of rotatable bonds is 3. The first kappa shape index (κ1) is 10.9. The maximum atomic E-state index is 8.97. The van der Waals surface area contributed by atoms with E-state index in [0.717, 1.165) is 24.8 Å². The number of nitrogen functional groups attached to an aromatic ring is 1. The molecule has 2 N–H and O–H groups in total. The molecule has 1 aliphatic rings. The molecule has 0 aromatic carbocycles. The molecule has 0 spiro atoms. The molecule has 0 radical (unpaired) electrons. The Bertz CT molecular complexity index is 423. The zero-order valence-corrected chi connectivity index (χ0v) is 9.31. The Kier molecular flexibility index (Phi) is 3.07. The van der Waals surface area contributed by atoms with Gasteiger partial charge in [-0.2, -0.15) is 5.26 Å². The number of nitrogens with zero attached hydrogens (tertiary/aromatic N) is 2. The number of nitrogens with two attached hydrogens (primary N) is 1. The van der Waals surface area contributed by atoms with Crippen molar-refractivity contribution in [1.82, 2.24) is 4.98 Å². The summed E-state index contributed by atoms with van der Waals surface area (Å²) in [5.41, 5.74) is 7.24. The van der Waals surface area contributed by atoms with E-state index in [9.17, 15) is 0 Å². The van der Waals surface area contributed by atoms with Crippen LogP contribution in [0, 0.1) is 17.2 Å². The van der Waals surface area contributed by atoms with Gasteiger partial charge in [0.2, 0.25) is 0 Å². The van der Waals surface area contributed by atoms with Gasteiger partial charge in [-0.05, 0) is 36.8 Å². The zero-order chi connectivity index (χ0) is 11.5. The van der Waals surface area contributed by atoms with Crippen LogP contribution in [0.5, 0.6) is 0 Å². The molecule has 16 heavy (non-hydrogen) atoms. The van der Waals surface area contributed by atoms with Crippen molar-refractivity contribution in [2.75, 3.05) is 12.8 Å². The number of aromatic nitrogens is 1. The minimum Gasteiger partial charge on any atom is -0.384 e. The molecular formula is C12H15N3O. The van der Waals surface area contributed by atoms with Crippen molar-refractivity contribution in [3.63, 3.8) is 0 Å². The van der Waals surface area contributed by atoms with E-state index in [2.05, 4.69) is 11.1 Å². The summed E-state index contributed by atoms with van der Waals surface area (Å²) in [7, 11) is 1.74. The van der Waals surface area contributed by atoms with Crippen LogP contribution in [0.2, 0.25) is 0 Å². The Hall–Kier alpha value is -1.60. The van der Waals surface area contributed by atoms with Crippen molar-refractivity contribution in [3.05, 3.63) is 23.4 Å². The smallest absolute Gasteiger partial charge is 0.123 e. The minimum atomic E-state index is 0.334. The van der Waals surface area contributed by atoms with Gasteiger partial charge in [0.15, 0.2) is 0 Å². The predicted molar refractivity (Wildman–Crippen MR) is 60.6 cm³/mol. The highest BCUT2D eigenvalue weighted by atomic mass is 16.5. The van der Waals surface area contributed by atoms with Crippen LogP contribution < -0.4 is 5.73 Å². The van der Waals surface area contributed by atoms with Crippen LogP contribution in [0.1, 0.15) is 24.0 Å². The van der Waals surface area contributed by atoms with Gasteiger partial charge < -0.3 is 10.5 Å². The van der Waals surface area contributed by atoms with E-state index in [0.29, 0.717) is 23.4 Å². The fraction of sp³-hybridized carbons (Fsp3) is 0.500. The number of ether oxygens (including phenoxy) is 1. The molecular weight excluding hydrogens is 202 g/mol. The molecule has 84 valence electrons. The highest BCUT2D eigenvalue weighted by Crippen LogP contribution is 2.33. The third kappa shape index (κ3) is 2.00. The molecule has 0 unspecified atom stereocenters. The van der Waals surface area contributed by atoms with Gasteiger partial charge in [0, 0.05) is 13.3 Å². The topological polar surface area (TPSA) is 71.9 Å². The molecule has 4 heteroatoms. The third-order valence-corrected chi connectivity index (χ3v) is 3.26. The van der Waals surface area contributed by atoms with Gasteiger partial charge in [0.25, 0.3) is 0 Å². The van der Waals surface area contributed by atoms with E-state index in [1.807, 2.05) is 0 Å². The largest absolute Gasteiger partial charge is 0.384 e. The fourth-order valence-electron chi connectivity index (χ4n) is 2.15. The van der Waals surface area contributed by atoms with E-state index < -0.39 is 0 Å². The molecule has 2 atom stereocenters. The summed E-state index contributed by atoms with van der Waals surface area (Å²) in [4.78, 5) is 3.92. The van der Waals surface area contributed by atoms with Crippen LogP contribution in [0.25, 0.3) is 0 Å². The van der Waals surface area contributed by atoms with Gasteiger partial charge in [-0.1, -0.05) is 0 Å². The van der Waals surface area contributed by atoms with Crippen molar-refractivity contribution in [2.24, 2.45) is 5.92 Å². The second-order valence-corrected chi connectivity index (χ2v) is 4.19. The van der Waals surface area contributed by atoms with Crippen LogP contribution in [-0.2, 0) is 11.2 Å². The second kappa shape index (κ2) is 4.50. The highest BCUT2D eigenvalue weighted by molar-refractivity contribution is 5.43. The van der Waals surface area contributed by atoms with Crippen molar-refractivity contribution in [3.8, 4) is 6.07 Å². The van der Waals surface area contributed by atoms with E-state index in [-0.39, 0.29) is 0 Å². The molecule has 1 saturated carbocycles. The summed E-state index contributed by atoms with van der Waals surface area (Å²) in [6, 6.07) is 3.95. The van der Waals surface area contributed by atoms with Crippen molar-refractivity contribution >= 4 is 5.82 Å². The first-order valence-corrected chi connectivity index (χ1v) is 5.42. The predicted octanol–water partition coefficient (Wildman–Crippen LogP) is 1.50. The van der Waals surface area contributed by atoms with Gasteiger partial charge >= 0.3 is 0 Å². The van der Waals surface area contributed by atoms with Gasteiger partial charge in [-0.25, -0.2) is 4.98 Å². The maximum Gasteiger partial charge on any atom is 0.123 e. The summed E-state index contributed by atoms with van der Waals surface area (Å²) in [6.45, 7) is 0. The number of anilines is 1. The molecule has 0 bridgehead atoms. The summed E-state index contributed by atoms with van der Waals surface area (Å²) in [5, 5.41) is 8.97. The van der Waals surface area contributed by atoms with Gasteiger partial charge in [0.1, 0.15) is 11.9 Å². The van der Waals surface area contributed by atoms with Gasteiger partial charge in [0.05, 0.1) is 11.7 Å². The Morgan fingerprint density at radius 1 is 1.62 bits per heavy atom. The lowest BCUT2D eigenvalue weighted by Gasteiger charge is -2.35. The van der Waals surface area contributed by atoms with Crippen molar-refractivity contribution in [1.29, 1.82) is 5.26 Å². The quantitative estimate of drug-likeness (QED) is 0.832. The Morgan fingerprint density at radius 3 is 3.00 bits per heavy atom. The van der Waals surface area contributed by atoms with Crippen LogP contribution in [0.3, 0.4) is 0 Å². The van der Waals surface area contributed by atoms with Crippen LogP contribution in [0.15, 0.2) is 12.3 Å². The van der Waals surface area contributed by atoms with Crippen molar-refractivity contribution < 1.29 is 4.74 Å². The molecule has 1 aromatic rings. The Labute approximate surface area is 95.0 Å². The number of hydrogen-bond acceptors (Lipinski definition) is 4. The summed E-state index contributed by atoms with van der Waals surface area (Å²) in [5.74, 6) is 0.987. The number of nitriles is 1. The molecule has 0 saturated heterocycles. The minimum absolute atomic E-state index is 0.334. The zero-order valence-electron chi connectivity index (χ0n) is 9.31. The molecule has 1 fully saturated rings. The summed E-state index contributed by atoms with van der Waals surface area (Å²) in [6.07, 6.45) is 5.01. The average Bonchev–Trinajstić information content (AvgIpc) is 2.25. The molecule has 1 heterocycles. The van der Waals surface area contributed by atoms with E-state index in [1.54, 1.807) is 19.4 Å². The summed E-state index contributed by atoms with van der Waals surface area (Å²) >= 11 is 0.